The topological polar surface area (TPSA) is 21.3 Å². The Hall–Kier alpha value is -0.940. The average molecular weight is 332 g/mol. The van der Waals surface area contributed by atoms with Crippen LogP contribution in [0, 0.1) is 0 Å². The van der Waals surface area contributed by atoms with Gasteiger partial charge in [-0.1, -0.05) is 42.5 Å². The van der Waals surface area contributed by atoms with E-state index in [-0.39, 0.29) is 6.10 Å². The lowest BCUT2D eigenvalue weighted by atomic mass is 10.1. The standard InChI is InChI=1S/C18H21NOS2/c1-21-16-9-5-6-10-17(16)22-18(14-7-3-2-4-8-14)15-13-19-11-12-20-15/h2-10,15,18-19H,11-13H2,1H3. The molecule has 2 unspecified atom stereocenters. The highest BCUT2D eigenvalue weighted by Gasteiger charge is 2.27. The maximum Gasteiger partial charge on any atom is 0.0862 e. The van der Waals surface area contributed by atoms with E-state index in [1.165, 1.54) is 15.4 Å². The zero-order chi connectivity index (χ0) is 15.2. The third-order valence-corrected chi connectivity index (χ3v) is 6.11. The van der Waals surface area contributed by atoms with Crippen molar-refractivity contribution in [2.75, 3.05) is 26.0 Å². The Morgan fingerprint density at radius 2 is 1.77 bits per heavy atom. The quantitative estimate of drug-likeness (QED) is 0.827. The van der Waals surface area contributed by atoms with Crippen LogP contribution < -0.4 is 5.32 Å². The van der Waals surface area contributed by atoms with E-state index >= 15 is 0 Å². The first-order chi connectivity index (χ1) is 10.9. The molecule has 1 aliphatic heterocycles. The van der Waals surface area contributed by atoms with E-state index in [0.717, 1.165) is 19.7 Å². The number of nitrogens with one attached hydrogen (secondary N) is 1. The van der Waals surface area contributed by atoms with Crippen molar-refractivity contribution in [2.45, 2.75) is 21.1 Å². The summed E-state index contributed by atoms with van der Waals surface area (Å²) in [6.45, 7) is 2.65. The van der Waals surface area contributed by atoms with E-state index in [2.05, 4.69) is 66.2 Å². The lowest BCUT2D eigenvalue weighted by molar-refractivity contribution is 0.0273. The van der Waals surface area contributed by atoms with Crippen LogP contribution in [0.4, 0.5) is 0 Å². The zero-order valence-corrected chi connectivity index (χ0v) is 14.3. The Bertz CT molecular complexity index is 585. The number of benzene rings is 2. The van der Waals surface area contributed by atoms with Gasteiger partial charge in [0.1, 0.15) is 0 Å². The lowest BCUT2D eigenvalue weighted by Crippen LogP contribution is -2.41. The predicted octanol–water partition coefficient (Wildman–Crippen LogP) is 4.23. The molecule has 1 fully saturated rings. The van der Waals surface area contributed by atoms with Crippen LogP contribution in [-0.4, -0.2) is 32.1 Å². The van der Waals surface area contributed by atoms with E-state index in [9.17, 15) is 0 Å². The molecule has 3 rings (SSSR count). The Morgan fingerprint density at radius 3 is 2.45 bits per heavy atom. The summed E-state index contributed by atoms with van der Waals surface area (Å²) in [5.74, 6) is 0. The Kier molecular flexibility index (Phi) is 5.84. The first kappa shape index (κ1) is 15.9. The summed E-state index contributed by atoms with van der Waals surface area (Å²) in [6.07, 6.45) is 2.34. The summed E-state index contributed by atoms with van der Waals surface area (Å²) in [7, 11) is 0. The third-order valence-electron chi connectivity index (χ3n) is 3.75. The summed E-state index contributed by atoms with van der Waals surface area (Å²) in [6, 6.07) is 19.3. The maximum absolute atomic E-state index is 6.05. The molecule has 2 aromatic carbocycles. The van der Waals surface area contributed by atoms with Gasteiger partial charge in [0, 0.05) is 22.9 Å². The second-order valence-electron chi connectivity index (χ2n) is 5.21. The van der Waals surface area contributed by atoms with Gasteiger partial charge < -0.3 is 10.1 Å². The average Bonchev–Trinajstić information content (AvgIpc) is 2.61. The van der Waals surface area contributed by atoms with Crippen molar-refractivity contribution in [3.05, 3.63) is 60.2 Å². The summed E-state index contributed by atoms with van der Waals surface area (Å²) >= 11 is 3.72. The number of ether oxygens (including phenoxy) is 1. The smallest absolute Gasteiger partial charge is 0.0862 e. The molecular formula is C18H21NOS2. The summed E-state index contributed by atoms with van der Waals surface area (Å²) in [4.78, 5) is 2.66. The minimum absolute atomic E-state index is 0.205. The van der Waals surface area contributed by atoms with Crippen molar-refractivity contribution >= 4 is 23.5 Å². The molecule has 0 saturated carbocycles. The van der Waals surface area contributed by atoms with Crippen LogP contribution in [0.3, 0.4) is 0 Å². The zero-order valence-electron chi connectivity index (χ0n) is 12.7. The van der Waals surface area contributed by atoms with Crippen LogP contribution in [-0.2, 0) is 4.74 Å². The number of hydrogen-bond donors (Lipinski definition) is 1. The highest BCUT2D eigenvalue weighted by atomic mass is 32.2. The van der Waals surface area contributed by atoms with E-state index in [0.29, 0.717) is 5.25 Å². The van der Waals surface area contributed by atoms with Crippen LogP contribution in [0.15, 0.2) is 64.4 Å². The van der Waals surface area contributed by atoms with Gasteiger partial charge in [-0.25, -0.2) is 0 Å². The van der Waals surface area contributed by atoms with Crippen molar-refractivity contribution in [3.63, 3.8) is 0 Å². The van der Waals surface area contributed by atoms with Gasteiger partial charge in [-0.05, 0) is 24.0 Å². The van der Waals surface area contributed by atoms with E-state index in [1.807, 2.05) is 11.8 Å². The molecule has 1 saturated heterocycles. The van der Waals surface area contributed by atoms with Gasteiger partial charge in [0.2, 0.25) is 0 Å². The molecule has 1 aliphatic rings. The highest BCUT2D eigenvalue weighted by molar-refractivity contribution is 8.02. The number of morpholine rings is 1. The number of hydrogen-bond acceptors (Lipinski definition) is 4. The van der Waals surface area contributed by atoms with Crippen LogP contribution in [0.25, 0.3) is 0 Å². The predicted molar refractivity (Wildman–Crippen MR) is 95.9 cm³/mol. The normalized spacial score (nSPS) is 19.8. The summed E-state index contributed by atoms with van der Waals surface area (Å²) < 4.78 is 6.05. The molecule has 2 nitrogen and oxygen atoms in total. The largest absolute Gasteiger partial charge is 0.374 e. The fourth-order valence-electron chi connectivity index (χ4n) is 2.63. The van der Waals surface area contributed by atoms with E-state index in [4.69, 9.17) is 4.74 Å². The van der Waals surface area contributed by atoms with Crippen molar-refractivity contribution < 1.29 is 4.74 Å². The van der Waals surface area contributed by atoms with E-state index < -0.39 is 0 Å². The molecule has 0 spiro atoms. The van der Waals surface area contributed by atoms with Crippen LogP contribution in [0.5, 0.6) is 0 Å². The Balaban J connectivity index is 1.88. The van der Waals surface area contributed by atoms with Crippen molar-refractivity contribution in [1.29, 1.82) is 0 Å². The van der Waals surface area contributed by atoms with Crippen LogP contribution >= 0.6 is 23.5 Å². The van der Waals surface area contributed by atoms with Crippen LogP contribution in [0.2, 0.25) is 0 Å². The first-order valence-corrected chi connectivity index (χ1v) is 9.66. The molecule has 22 heavy (non-hydrogen) atoms. The van der Waals surface area contributed by atoms with Gasteiger partial charge in [0.05, 0.1) is 18.0 Å². The molecule has 2 atom stereocenters. The van der Waals surface area contributed by atoms with Gasteiger partial charge in [-0.2, -0.15) is 0 Å². The fraction of sp³-hybridized carbons (Fsp3) is 0.333. The van der Waals surface area contributed by atoms with Gasteiger partial charge in [0.15, 0.2) is 0 Å². The molecule has 1 N–H and O–H groups in total. The summed E-state index contributed by atoms with van der Waals surface area (Å²) in [5, 5.41) is 3.76. The molecule has 1 heterocycles. The maximum atomic E-state index is 6.05. The molecule has 0 amide bonds. The minimum Gasteiger partial charge on any atom is -0.374 e. The molecule has 116 valence electrons. The second kappa shape index (κ2) is 8.06. The minimum atomic E-state index is 0.205. The monoisotopic (exact) mass is 331 g/mol. The Morgan fingerprint density at radius 1 is 1.05 bits per heavy atom. The van der Waals surface area contributed by atoms with E-state index in [1.54, 1.807) is 11.8 Å². The highest BCUT2D eigenvalue weighted by Crippen LogP contribution is 2.42. The van der Waals surface area contributed by atoms with Gasteiger partial charge in [-0.3, -0.25) is 0 Å². The van der Waals surface area contributed by atoms with Gasteiger partial charge in [0.25, 0.3) is 0 Å². The molecule has 0 radical (unpaired) electrons. The molecule has 0 aromatic heterocycles. The van der Waals surface area contributed by atoms with Crippen molar-refractivity contribution in [1.82, 2.24) is 5.32 Å². The SMILES string of the molecule is CSc1ccccc1SC(c1ccccc1)C1CNCCO1. The molecular weight excluding hydrogens is 310 g/mol. The summed E-state index contributed by atoms with van der Waals surface area (Å²) in [5.41, 5.74) is 1.33. The van der Waals surface area contributed by atoms with Crippen molar-refractivity contribution in [3.8, 4) is 0 Å². The third kappa shape index (κ3) is 3.87. The lowest BCUT2D eigenvalue weighted by Gasteiger charge is -2.31. The molecule has 4 heteroatoms. The first-order valence-electron chi connectivity index (χ1n) is 7.55. The molecule has 2 aromatic rings. The number of rotatable bonds is 5. The molecule has 0 aliphatic carbocycles. The molecule has 0 bridgehead atoms. The Labute approximate surface area is 141 Å². The van der Waals surface area contributed by atoms with Crippen LogP contribution in [0.1, 0.15) is 10.8 Å². The fourth-order valence-corrected chi connectivity index (χ4v) is 4.75. The second-order valence-corrected chi connectivity index (χ2v) is 7.24. The number of thioether (sulfide) groups is 2. The van der Waals surface area contributed by atoms with Gasteiger partial charge in [-0.15, -0.1) is 23.5 Å². The van der Waals surface area contributed by atoms with Gasteiger partial charge >= 0.3 is 0 Å². The van der Waals surface area contributed by atoms with Crippen molar-refractivity contribution in [2.24, 2.45) is 0 Å².